The van der Waals surface area contributed by atoms with E-state index in [1.807, 2.05) is 0 Å². The highest BCUT2D eigenvalue weighted by Crippen LogP contribution is 2.26. The van der Waals surface area contributed by atoms with Crippen LogP contribution in [0.1, 0.15) is 6.04 Å². The van der Waals surface area contributed by atoms with Crippen LogP contribution in [0, 0.1) is 4.77 Å². The third-order valence-electron chi connectivity index (χ3n) is 3.13. The van der Waals surface area contributed by atoms with E-state index in [0.717, 1.165) is 4.57 Å². The molecule has 0 bridgehead atoms. The summed E-state index contributed by atoms with van der Waals surface area (Å²) in [6.07, 6.45) is -1.37. The zero-order chi connectivity index (χ0) is 15.0. The number of hydrogen-bond acceptors (Lipinski definition) is 4. The van der Waals surface area contributed by atoms with E-state index in [4.69, 9.17) is 17.0 Å². The van der Waals surface area contributed by atoms with Gasteiger partial charge in [-0.25, -0.2) is 4.68 Å². The average molecular weight is 316 g/mol. The number of rotatable bonds is 3. The number of ether oxygens (including phenoxy) is 1. The molecule has 2 aromatic heterocycles. The van der Waals surface area contributed by atoms with Crippen molar-refractivity contribution in [2.75, 3.05) is 13.2 Å². The molecule has 1 saturated heterocycles. The van der Waals surface area contributed by atoms with E-state index in [1.165, 1.54) is 17.1 Å². The predicted molar refractivity (Wildman–Crippen MR) is 70.2 cm³/mol. The lowest BCUT2D eigenvalue weighted by molar-refractivity contribution is -0.140. The molecule has 2 aromatic rings. The first-order valence-electron chi connectivity index (χ1n) is 6.20. The van der Waals surface area contributed by atoms with Crippen LogP contribution in [-0.2, 0) is 11.3 Å². The van der Waals surface area contributed by atoms with Crippen molar-refractivity contribution >= 4 is 12.2 Å². The summed E-state index contributed by atoms with van der Waals surface area (Å²) in [4.78, 5) is 3.85. The van der Waals surface area contributed by atoms with Crippen LogP contribution in [0.25, 0.3) is 11.4 Å². The van der Waals surface area contributed by atoms with Crippen molar-refractivity contribution in [3.05, 3.63) is 29.3 Å². The molecule has 3 rings (SSSR count). The first kappa shape index (κ1) is 14.2. The summed E-state index contributed by atoms with van der Waals surface area (Å²) < 4.78 is 45.9. The molecule has 1 fully saturated rings. The molecule has 0 radical (unpaired) electrons. The van der Waals surface area contributed by atoms with Crippen LogP contribution in [0.15, 0.2) is 24.5 Å². The summed E-state index contributed by atoms with van der Waals surface area (Å²) in [7, 11) is 0. The molecular weight excluding hydrogens is 305 g/mol. The Hall–Kier alpha value is -1.74. The normalized spacial score (nSPS) is 16.0. The van der Waals surface area contributed by atoms with Gasteiger partial charge in [0.05, 0.1) is 13.2 Å². The Morgan fingerprint density at radius 2 is 1.95 bits per heavy atom. The van der Waals surface area contributed by atoms with Gasteiger partial charge in [0.25, 0.3) is 0 Å². The van der Waals surface area contributed by atoms with Gasteiger partial charge in [0.15, 0.2) is 10.6 Å². The van der Waals surface area contributed by atoms with E-state index >= 15 is 0 Å². The van der Waals surface area contributed by atoms with Gasteiger partial charge >= 0.3 is 6.18 Å². The number of alkyl halides is 3. The van der Waals surface area contributed by atoms with Gasteiger partial charge in [0.2, 0.25) is 0 Å². The lowest BCUT2D eigenvalue weighted by Crippen LogP contribution is -2.31. The van der Waals surface area contributed by atoms with Crippen molar-refractivity contribution in [2.45, 2.75) is 18.8 Å². The van der Waals surface area contributed by atoms with Crippen LogP contribution in [0.2, 0.25) is 0 Å². The molecule has 0 saturated carbocycles. The second-order valence-corrected chi connectivity index (χ2v) is 5.04. The molecule has 0 atom stereocenters. The smallest absolute Gasteiger partial charge is 0.377 e. The fourth-order valence-electron chi connectivity index (χ4n) is 2.05. The SMILES string of the molecule is FC(F)(F)Cn1c(-c2ccncc2)nn(C2COC2)c1=S. The molecule has 1 aliphatic heterocycles. The van der Waals surface area contributed by atoms with Crippen LogP contribution in [-0.4, -0.2) is 38.7 Å². The van der Waals surface area contributed by atoms with E-state index in [2.05, 4.69) is 10.1 Å². The molecule has 0 aliphatic carbocycles. The largest absolute Gasteiger partial charge is 0.406 e. The highest BCUT2D eigenvalue weighted by molar-refractivity contribution is 7.71. The topological polar surface area (TPSA) is 44.9 Å². The van der Waals surface area contributed by atoms with E-state index in [0.29, 0.717) is 18.8 Å². The fourth-order valence-corrected chi connectivity index (χ4v) is 2.39. The van der Waals surface area contributed by atoms with Crippen LogP contribution in [0.3, 0.4) is 0 Å². The van der Waals surface area contributed by atoms with Crippen LogP contribution >= 0.6 is 12.2 Å². The first-order valence-corrected chi connectivity index (χ1v) is 6.61. The quantitative estimate of drug-likeness (QED) is 0.817. The van der Waals surface area contributed by atoms with Gasteiger partial charge in [0.1, 0.15) is 12.6 Å². The molecular formula is C12H11F3N4OS. The molecule has 0 amide bonds. The van der Waals surface area contributed by atoms with Crippen LogP contribution in [0.4, 0.5) is 13.2 Å². The molecule has 9 heteroatoms. The second-order valence-electron chi connectivity index (χ2n) is 4.68. The van der Waals surface area contributed by atoms with E-state index in [1.54, 1.807) is 12.1 Å². The number of hydrogen-bond donors (Lipinski definition) is 0. The maximum Gasteiger partial charge on any atom is 0.406 e. The molecule has 3 heterocycles. The van der Waals surface area contributed by atoms with Crippen LogP contribution < -0.4 is 0 Å². The Bertz CT molecular complexity index is 691. The van der Waals surface area contributed by atoms with Gasteiger partial charge in [-0.2, -0.15) is 18.3 Å². The Morgan fingerprint density at radius 3 is 2.48 bits per heavy atom. The Balaban J connectivity index is 2.10. The minimum atomic E-state index is -4.37. The number of aromatic nitrogens is 4. The van der Waals surface area contributed by atoms with Gasteiger partial charge in [0, 0.05) is 18.0 Å². The van der Waals surface area contributed by atoms with Crippen molar-refractivity contribution < 1.29 is 17.9 Å². The third kappa shape index (κ3) is 2.84. The summed E-state index contributed by atoms with van der Waals surface area (Å²) in [6, 6.07) is 3.10. The summed E-state index contributed by atoms with van der Waals surface area (Å²) in [5.74, 6) is 0.187. The fraction of sp³-hybridized carbons (Fsp3) is 0.417. The zero-order valence-corrected chi connectivity index (χ0v) is 11.6. The molecule has 0 N–H and O–H groups in total. The first-order chi connectivity index (χ1) is 9.96. The zero-order valence-electron chi connectivity index (χ0n) is 10.7. The number of pyridine rings is 1. The van der Waals surface area contributed by atoms with Crippen molar-refractivity contribution in [3.63, 3.8) is 0 Å². The molecule has 21 heavy (non-hydrogen) atoms. The van der Waals surface area contributed by atoms with Gasteiger partial charge in [-0.3, -0.25) is 9.55 Å². The maximum atomic E-state index is 12.8. The summed E-state index contributed by atoms with van der Waals surface area (Å²) in [6.45, 7) is -0.350. The average Bonchev–Trinajstić information content (AvgIpc) is 2.66. The molecule has 1 aliphatic rings. The van der Waals surface area contributed by atoms with E-state index in [-0.39, 0.29) is 16.6 Å². The predicted octanol–water partition coefficient (Wildman–Crippen LogP) is 2.61. The van der Waals surface area contributed by atoms with Crippen molar-refractivity contribution in [1.29, 1.82) is 0 Å². The Kier molecular flexibility index (Phi) is 3.54. The highest BCUT2D eigenvalue weighted by atomic mass is 32.1. The van der Waals surface area contributed by atoms with Gasteiger partial charge in [-0.15, -0.1) is 0 Å². The number of nitrogens with zero attached hydrogens (tertiary/aromatic N) is 4. The summed E-state index contributed by atoms with van der Waals surface area (Å²) in [5.41, 5.74) is 0.541. The molecule has 5 nitrogen and oxygen atoms in total. The minimum Gasteiger partial charge on any atom is -0.377 e. The van der Waals surface area contributed by atoms with Crippen LogP contribution in [0.5, 0.6) is 0 Å². The van der Waals surface area contributed by atoms with Gasteiger partial charge in [-0.05, 0) is 24.4 Å². The summed E-state index contributed by atoms with van der Waals surface area (Å²) >= 11 is 5.15. The van der Waals surface area contributed by atoms with Crippen molar-refractivity contribution in [3.8, 4) is 11.4 Å². The lowest BCUT2D eigenvalue weighted by atomic mass is 10.2. The molecule has 112 valence electrons. The number of halogens is 3. The molecule has 0 unspecified atom stereocenters. The lowest BCUT2D eigenvalue weighted by Gasteiger charge is -2.25. The second kappa shape index (κ2) is 5.23. The minimum absolute atomic E-state index is 0.0486. The third-order valence-corrected chi connectivity index (χ3v) is 3.53. The Morgan fingerprint density at radius 1 is 1.29 bits per heavy atom. The standard InChI is InChI=1S/C12H11F3N4OS/c13-12(14,15)7-18-10(8-1-3-16-4-2-8)17-19(11(18)21)9-5-20-6-9/h1-4,9H,5-7H2. The van der Waals surface area contributed by atoms with Gasteiger partial charge < -0.3 is 4.74 Å². The maximum absolute atomic E-state index is 12.8. The monoisotopic (exact) mass is 316 g/mol. The van der Waals surface area contributed by atoms with Gasteiger partial charge in [-0.1, -0.05) is 0 Å². The van der Waals surface area contributed by atoms with E-state index < -0.39 is 12.7 Å². The Labute approximate surface area is 123 Å². The molecule has 0 aromatic carbocycles. The van der Waals surface area contributed by atoms with E-state index in [9.17, 15) is 13.2 Å². The molecule has 0 spiro atoms. The highest BCUT2D eigenvalue weighted by Gasteiger charge is 2.32. The van der Waals surface area contributed by atoms with Crippen molar-refractivity contribution in [2.24, 2.45) is 0 Å². The summed E-state index contributed by atoms with van der Waals surface area (Å²) in [5, 5.41) is 4.25. The van der Waals surface area contributed by atoms with Crippen molar-refractivity contribution in [1.82, 2.24) is 19.3 Å².